The van der Waals surface area contributed by atoms with Crippen LogP contribution in [0.25, 0.3) is 0 Å². The number of rotatable bonds is 10. The Morgan fingerprint density at radius 3 is 2.44 bits per heavy atom. The van der Waals surface area contributed by atoms with Gasteiger partial charge in [-0.25, -0.2) is 0 Å². The van der Waals surface area contributed by atoms with Crippen molar-refractivity contribution in [1.29, 1.82) is 0 Å². The lowest BCUT2D eigenvalue weighted by molar-refractivity contribution is 0.110. The molecule has 0 spiro atoms. The summed E-state index contributed by atoms with van der Waals surface area (Å²) in [6.07, 6.45) is 5.10. The third kappa shape index (κ3) is 10.8. The van der Waals surface area contributed by atoms with E-state index in [1.54, 1.807) is 0 Å². The number of nitrogens with one attached hydrogen (secondary N) is 1. The van der Waals surface area contributed by atoms with Crippen LogP contribution in [0, 0.1) is 5.92 Å². The van der Waals surface area contributed by atoms with Crippen LogP contribution < -0.4 is 5.32 Å². The summed E-state index contributed by atoms with van der Waals surface area (Å²) < 4.78 is 5.77. The molecule has 1 atom stereocenters. The highest BCUT2D eigenvalue weighted by molar-refractivity contribution is 4.98. The van der Waals surface area contributed by atoms with Crippen molar-refractivity contribution in [3.05, 3.63) is 12.2 Å². The second-order valence-electron chi connectivity index (χ2n) is 6.29. The molecule has 0 aliphatic rings. The van der Waals surface area contributed by atoms with E-state index in [1.165, 1.54) is 25.7 Å². The molecule has 0 radical (unpaired) electrons. The standard InChI is InChI=1S/C16H33NO/c1-7-9-10-15(8-2)13-18-12-14(3)11-17-16(4,5)6/h15,17H,3,7-13H2,1-2,4-6H3. The predicted molar refractivity (Wildman–Crippen MR) is 81.0 cm³/mol. The zero-order valence-corrected chi connectivity index (χ0v) is 13.1. The zero-order valence-electron chi connectivity index (χ0n) is 13.1. The van der Waals surface area contributed by atoms with Crippen LogP contribution in [0.5, 0.6) is 0 Å². The molecule has 0 bridgehead atoms. The molecule has 0 amide bonds. The molecule has 0 heterocycles. The lowest BCUT2D eigenvalue weighted by atomic mass is 10.0. The predicted octanol–water partition coefficient (Wildman–Crippen LogP) is 4.16. The van der Waals surface area contributed by atoms with Gasteiger partial charge < -0.3 is 10.1 Å². The van der Waals surface area contributed by atoms with Gasteiger partial charge in [-0.15, -0.1) is 0 Å². The Balaban J connectivity index is 3.65. The fraction of sp³-hybridized carbons (Fsp3) is 0.875. The van der Waals surface area contributed by atoms with E-state index in [0.717, 1.165) is 18.7 Å². The van der Waals surface area contributed by atoms with Crippen LogP contribution in [0.1, 0.15) is 60.3 Å². The summed E-state index contributed by atoms with van der Waals surface area (Å²) in [5.74, 6) is 0.716. The summed E-state index contributed by atoms with van der Waals surface area (Å²) in [4.78, 5) is 0. The van der Waals surface area contributed by atoms with Gasteiger partial charge in [0.15, 0.2) is 0 Å². The minimum atomic E-state index is 0.149. The molecule has 0 saturated carbocycles. The SMILES string of the molecule is C=C(CNC(C)(C)C)COCC(CC)CCCC. The van der Waals surface area contributed by atoms with E-state index in [9.17, 15) is 0 Å². The van der Waals surface area contributed by atoms with Crippen molar-refractivity contribution in [1.82, 2.24) is 5.32 Å². The van der Waals surface area contributed by atoms with Gasteiger partial charge in [0.05, 0.1) is 6.61 Å². The van der Waals surface area contributed by atoms with Crippen molar-refractivity contribution >= 4 is 0 Å². The molecule has 108 valence electrons. The van der Waals surface area contributed by atoms with E-state index in [0.29, 0.717) is 12.5 Å². The van der Waals surface area contributed by atoms with Gasteiger partial charge in [-0.3, -0.25) is 0 Å². The Kier molecular flexibility index (Phi) is 9.39. The summed E-state index contributed by atoms with van der Waals surface area (Å²) in [5.41, 5.74) is 1.28. The monoisotopic (exact) mass is 255 g/mol. The molecule has 2 heteroatoms. The number of hydrogen-bond acceptors (Lipinski definition) is 2. The fourth-order valence-electron chi connectivity index (χ4n) is 1.71. The van der Waals surface area contributed by atoms with Gasteiger partial charge in [0.25, 0.3) is 0 Å². The Hall–Kier alpha value is -0.340. The molecule has 0 aliphatic carbocycles. The molecule has 0 aromatic carbocycles. The first-order chi connectivity index (χ1) is 8.39. The van der Waals surface area contributed by atoms with Crippen LogP contribution in [0.3, 0.4) is 0 Å². The van der Waals surface area contributed by atoms with E-state index in [4.69, 9.17) is 4.74 Å². The van der Waals surface area contributed by atoms with Crippen LogP contribution in [-0.2, 0) is 4.74 Å². The first-order valence-electron chi connectivity index (χ1n) is 7.38. The quantitative estimate of drug-likeness (QED) is 0.592. The van der Waals surface area contributed by atoms with Gasteiger partial charge in [0, 0.05) is 18.7 Å². The minimum Gasteiger partial charge on any atom is -0.377 e. The average molecular weight is 255 g/mol. The fourth-order valence-corrected chi connectivity index (χ4v) is 1.71. The Morgan fingerprint density at radius 2 is 1.94 bits per heavy atom. The summed E-state index contributed by atoms with van der Waals surface area (Å²) >= 11 is 0. The third-order valence-corrected chi connectivity index (χ3v) is 3.07. The van der Waals surface area contributed by atoms with Crippen molar-refractivity contribution in [2.75, 3.05) is 19.8 Å². The van der Waals surface area contributed by atoms with Crippen molar-refractivity contribution in [3.8, 4) is 0 Å². The highest BCUT2D eigenvalue weighted by Crippen LogP contribution is 2.13. The molecule has 0 rings (SSSR count). The first-order valence-corrected chi connectivity index (χ1v) is 7.38. The normalized spacial score (nSPS) is 13.6. The number of unbranched alkanes of at least 4 members (excludes halogenated alkanes) is 1. The molecule has 2 nitrogen and oxygen atoms in total. The lowest BCUT2D eigenvalue weighted by Gasteiger charge is -2.22. The molecule has 1 N–H and O–H groups in total. The molecule has 0 aromatic rings. The van der Waals surface area contributed by atoms with Gasteiger partial charge in [-0.2, -0.15) is 0 Å². The molecule has 18 heavy (non-hydrogen) atoms. The van der Waals surface area contributed by atoms with E-state index >= 15 is 0 Å². The summed E-state index contributed by atoms with van der Waals surface area (Å²) in [6, 6.07) is 0. The number of hydrogen-bond donors (Lipinski definition) is 1. The molecule has 0 saturated heterocycles. The van der Waals surface area contributed by atoms with Crippen LogP contribution in [-0.4, -0.2) is 25.3 Å². The molecule has 1 unspecified atom stereocenters. The second-order valence-corrected chi connectivity index (χ2v) is 6.29. The van der Waals surface area contributed by atoms with Crippen LogP contribution in [0.15, 0.2) is 12.2 Å². The molecular weight excluding hydrogens is 222 g/mol. The topological polar surface area (TPSA) is 21.3 Å². The van der Waals surface area contributed by atoms with Gasteiger partial charge in [-0.1, -0.05) is 39.7 Å². The Labute approximate surface area is 114 Å². The smallest absolute Gasteiger partial charge is 0.0686 e. The minimum absolute atomic E-state index is 0.149. The highest BCUT2D eigenvalue weighted by Gasteiger charge is 2.09. The largest absolute Gasteiger partial charge is 0.377 e. The van der Waals surface area contributed by atoms with Crippen molar-refractivity contribution < 1.29 is 4.74 Å². The Morgan fingerprint density at radius 1 is 1.28 bits per heavy atom. The maximum absolute atomic E-state index is 5.77. The summed E-state index contributed by atoms with van der Waals surface area (Å²) in [5, 5.41) is 3.43. The lowest BCUT2D eigenvalue weighted by Crippen LogP contribution is -2.37. The van der Waals surface area contributed by atoms with E-state index in [-0.39, 0.29) is 5.54 Å². The molecule has 0 fully saturated rings. The van der Waals surface area contributed by atoms with Crippen LogP contribution in [0.2, 0.25) is 0 Å². The molecular formula is C16H33NO. The van der Waals surface area contributed by atoms with Gasteiger partial charge in [-0.05, 0) is 38.7 Å². The third-order valence-electron chi connectivity index (χ3n) is 3.07. The summed E-state index contributed by atoms with van der Waals surface area (Å²) in [6.45, 7) is 17.5. The van der Waals surface area contributed by atoms with Gasteiger partial charge in [0.1, 0.15) is 0 Å². The maximum Gasteiger partial charge on any atom is 0.0686 e. The van der Waals surface area contributed by atoms with Crippen molar-refractivity contribution in [2.45, 2.75) is 65.8 Å². The highest BCUT2D eigenvalue weighted by atomic mass is 16.5. The molecule has 0 aromatic heterocycles. The van der Waals surface area contributed by atoms with E-state index in [1.807, 2.05) is 0 Å². The zero-order chi connectivity index (χ0) is 14.0. The average Bonchev–Trinajstić information content (AvgIpc) is 2.30. The number of ether oxygens (including phenoxy) is 1. The van der Waals surface area contributed by atoms with Crippen LogP contribution in [0.4, 0.5) is 0 Å². The second kappa shape index (κ2) is 9.57. The van der Waals surface area contributed by atoms with Crippen molar-refractivity contribution in [3.63, 3.8) is 0 Å². The summed E-state index contributed by atoms with van der Waals surface area (Å²) in [7, 11) is 0. The molecule has 0 aliphatic heterocycles. The maximum atomic E-state index is 5.77. The van der Waals surface area contributed by atoms with Crippen molar-refractivity contribution in [2.24, 2.45) is 5.92 Å². The van der Waals surface area contributed by atoms with E-state index in [2.05, 4.69) is 46.5 Å². The van der Waals surface area contributed by atoms with Gasteiger partial charge >= 0.3 is 0 Å². The van der Waals surface area contributed by atoms with Gasteiger partial charge in [0.2, 0.25) is 0 Å². The Bertz CT molecular complexity index is 218. The first kappa shape index (κ1) is 17.7. The van der Waals surface area contributed by atoms with Crippen LogP contribution >= 0.6 is 0 Å². The van der Waals surface area contributed by atoms with E-state index < -0.39 is 0 Å².